The standard InChI is InChI=1S/C8H14N2O6/c1-4(7(14)16-2)10-8(15)9-3-5(11)6(12)13/h4-5,11H,3H2,1-2H3,(H,12,13)(H2,9,10,15)/t4?,5-/m0/s1. The normalized spacial score (nSPS) is 13.4. The number of carbonyl (C=O) groups excluding carboxylic acids is 2. The summed E-state index contributed by atoms with van der Waals surface area (Å²) in [5.74, 6) is -2.07. The predicted molar refractivity (Wildman–Crippen MR) is 51.7 cm³/mol. The zero-order valence-electron chi connectivity index (χ0n) is 8.89. The van der Waals surface area contributed by atoms with Crippen LogP contribution in [0.25, 0.3) is 0 Å². The number of hydrogen-bond donors (Lipinski definition) is 4. The first-order chi connectivity index (χ1) is 7.38. The maximum atomic E-state index is 11.1. The third-order valence-electron chi connectivity index (χ3n) is 1.64. The highest BCUT2D eigenvalue weighted by Gasteiger charge is 2.17. The molecule has 0 aliphatic rings. The maximum Gasteiger partial charge on any atom is 0.334 e. The molecule has 0 aromatic rings. The molecule has 8 heteroatoms. The van der Waals surface area contributed by atoms with Crippen molar-refractivity contribution in [3.8, 4) is 0 Å². The maximum absolute atomic E-state index is 11.1. The fraction of sp³-hybridized carbons (Fsp3) is 0.625. The molecule has 0 aromatic heterocycles. The minimum Gasteiger partial charge on any atom is -0.479 e. The first-order valence-electron chi connectivity index (χ1n) is 4.41. The predicted octanol–water partition coefficient (Wildman–Crippen LogP) is -1.71. The van der Waals surface area contributed by atoms with Gasteiger partial charge in [0, 0.05) is 0 Å². The fourth-order valence-corrected chi connectivity index (χ4v) is 0.760. The molecule has 0 fully saturated rings. The molecule has 0 aliphatic heterocycles. The van der Waals surface area contributed by atoms with Gasteiger partial charge in [-0.25, -0.2) is 14.4 Å². The van der Waals surface area contributed by atoms with E-state index in [4.69, 9.17) is 10.2 Å². The van der Waals surface area contributed by atoms with E-state index in [9.17, 15) is 14.4 Å². The average Bonchev–Trinajstić information content (AvgIpc) is 2.24. The van der Waals surface area contributed by atoms with Gasteiger partial charge in [-0.05, 0) is 6.92 Å². The number of esters is 1. The molecule has 0 aliphatic carbocycles. The zero-order chi connectivity index (χ0) is 12.7. The van der Waals surface area contributed by atoms with Gasteiger partial charge >= 0.3 is 18.0 Å². The van der Waals surface area contributed by atoms with Crippen molar-refractivity contribution in [1.29, 1.82) is 0 Å². The number of rotatable bonds is 5. The van der Waals surface area contributed by atoms with Crippen molar-refractivity contribution in [1.82, 2.24) is 10.6 Å². The number of aliphatic carboxylic acids is 1. The highest BCUT2D eigenvalue weighted by molar-refractivity contribution is 5.83. The average molecular weight is 234 g/mol. The van der Waals surface area contributed by atoms with E-state index >= 15 is 0 Å². The smallest absolute Gasteiger partial charge is 0.334 e. The SMILES string of the molecule is COC(=O)C(C)NC(=O)NC[C@H](O)C(=O)O. The van der Waals surface area contributed by atoms with Crippen molar-refractivity contribution in [3.05, 3.63) is 0 Å². The number of ether oxygens (including phenoxy) is 1. The molecule has 16 heavy (non-hydrogen) atoms. The number of nitrogens with one attached hydrogen (secondary N) is 2. The van der Waals surface area contributed by atoms with Crippen LogP contribution in [0.2, 0.25) is 0 Å². The quantitative estimate of drug-likeness (QED) is 0.420. The van der Waals surface area contributed by atoms with Crippen LogP contribution < -0.4 is 10.6 Å². The second-order valence-electron chi connectivity index (χ2n) is 2.95. The number of carboxylic acids is 1. The largest absolute Gasteiger partial charge is 0.479 e. The number of carboxylic acid groups (broad SMARTS) is 1. The van der Waals surface area contributed by atoms with Gasteiger partial charge in [-0.1, -0.05) is 0 Å². The summed E-state index contributed by atoms with van der Waals surface area (Å²) >= 11 is 0. The Bertz CT molecular complexity index is 280. The van der Waals surface area contributed by atoms with E-state index in [-0.39, 0.29) is 0 Å². The van der Waals surface area contributed by atoms with Gasteiger partial charge < -0.3 is 25.6 Å². The van der Waals surface area contributed by atoms with Crippen LogP contribution in [0.1, 0.15) is 6.92 Å². The minimum atomic E-state index is -1.68. The van der Waals surface area contributed by atoms with E-state index in [1.165, 1.54) is 14.0 Å². The third kappa shape index (κ3) is 5.15. The molecule has 0 rings (SSSR count). The van der Waals surface area contributed by atoms with Gasteiger partial charge in [-0.2, -0.15) is 0 Å². The van der Waals surface area contributed by atoms with Crippen LogP contribution >= 0.6 is 0 Å². The van der Waals surface area contributed by atoms with Gasteiger partial charge in [0.1, 0.15) is 6.04 Å². The molecule has 2 amide bonds. The summed E-state index contributed by atoms with van der Waals surface area (Å²) in [5.41, 5.74) is 0. The van der Waals surface area contributed by atoms with Gasteiger partial charge in [-0.3, -0.25) is 0 Å². The number of carbonyl (C=O) groups is 3. The summed E-state index contributed by atoms with van der Waals surface area (Å²) in [4.78, 5) is 32.1. The van der Waals surface area contributed by atoms with Crippen molar-refractivity contribution < 1.29 is 29.3 Å². The van der Waals surface area contributed by atoms with Gasteiger partial charge in [0.25, 0.3) is 0 Å². The summed E-state index contributed by atoms with van der Waals surface area (Å²) < 4.78 is 4.35. The van der Waals surface area contributed by atoms with Crippen LogP contribution in [0.3, 0.4) is 0 Å². The van der Waals surface area contributed by atoms with Crippen LogP contribution in [-0.4, -0.2) is 54.0 Å². The number of hydrogen-bond acceptors (Lipinski definition) is 5. The molecular weight excluding hydrogens is 220 g/mol. The van der Waals surface area contributed by atoms with Crippen LogP contribution in [0.4, 0.5) is 4.79 Å². The number of aliphatic hydroxyl groups excluding tert-OH is 1. The summed E-state index contributed by atoms with van der Waals surface area (Å²) in [6, 6.07) is -1.62. The van der Waals surface area contributed by atoms with Crippen molar-refractivity contribution in [2.24, 2.45) is 0 Å². The van der Waals surface area contributed by atoms with E-state index in [0.717, 1.165) is 0 Å². The molecule has 8 nitrogen and oxygen atoms in total. The molecule has 0 saturated carbocycles. The van der Waals surface area contributed by atoms with Gasteiger partial charge in [-0.15, -0.1) is 0 Å². The fourth-order valence-electron chi connectivity index (χ4n) is 0.760. The lowest BCUT2D eigenvalue weighted by molar-refractivity contribution is -0.146. The molecule has 0 radical (unpaired) electrons. The van der Waals surface area contributed by atoms with E-state index < -0.39 is 36.7 Å². The van der Waals surface area contributed by atoms with Crippen LogP contribution in [0.15, 0.2) is 0 Å². The second-order valence-corrected chi connectivity index (χ2v) is 2.95. The molecule has 0 saturated heterocycles. The third-order valence-corrected chi connectivity index (χ3v) is 1.64. The number of aliphatic hydroxyl groups is 1. The lowest BCUT2D eigenvalue weighted by Gasteiger charge is -2.13. The van der Waals surface area contributed by atoms with Crippen LogP contribution in [0, 0.1) is 0 Å². The zero-order valence-corrected chi connectivity index (χ0v) is 8.89. The monoisotopic (exact) mass is 234 g/mol. The molecule has 92 valence electrons. The Morgan fingerprint density at radius 1 is 1.38 bits per heavy atom. The molecule has 0 spiro atoms. The summed E-state index contributed by atoms with van der Waals surface area (Å²) in [6.45, 7) is 0.952. The molecule has 4 N–H and O–H groups in total. The molecule has 0 aromatic carbocycles. The van der Waals surface area contributed by atoms with E-state index in [2.05, 4.69) is 15.4 Å². The Labute approximate surface area is 91.6 Å². The van der Waals surface area contributed by atoms with Gasteiger partial charge in [0.15, 0.2) is 6.10 Å². The number of amides is 2. The van der Waals surface area contributed by atoms with E-state index in [0.29, 0.717) is 0 Å². The van der Waals surface area contributed by atoms with E-state index in [1.807, 2.05) is 0 Å². The summed E-state index contributed by atoms with van der Waals surface area (Å²) in [5, 5.41) is 21.4. The number of urea groups is 1. The summed E-state index contributed by atoms with van der Waals surface area (Å²) in [7, 11) is 1.17. The van der Waals surface area contributed by atoms with Crippen LogP contribution in [0.5, 0.6) is 0 Å². The number of methoxy groups -OCH3 is 1. The Morgan fingerprint density at radius 3 is 2.38 bits per heavy atom. The van der Waals surface area contributed by atoms with E-state index in [1.54, 1.807) is 0 Å². The topological polar surface area (TPSA) is 125 Å². The Kier molecular flexibility index (Phi) is 5.86. The molecular formula is C8H14N2O6. The lowest BCUT2D eigenvalue weighted by atomic mass is 10.3. The second kappa shape index (κ2) is 6.62. The molecule has 2 atom stereocenters. The lowest BCUT2D eigenvalue weighted by Crippen LogP contribution is -2.47. The van der Waals surface area contributed by atoms with Crippen molar-refractivity contribution in [2.45, 2.75) is 19.1 Å². The highest BCUT2D eigenvalue weighted by Crippen LogP contribution is 1.86. The first-order valence-corrected chi connectivity index (χ1v) is 4.41. The Morgan fingerprint density at radius 2 is 1.94 bits per heavy atom. The van der Waals surface area contributed by atoms with Crippen molar-refractivity contribution in [3.63, 3.8) is 0 Å². The molecule has 0 heterocycles. The first kappa shape index (κ1) is 14.2. The minimum absolute atomic E-state index is 0.449. The molecule has 0 bridgehead atoms. The van der Waals surface area contributed by atoms with Crippen molar-refractivity contribution in [2.75, 3.05) is 13.7 Å². The Balaban J connectivity index is 3.91. The summed E-state index contributed by atoms with van der Waals surface area (Å²) in [6.07, 6.45) is -1.68. The van der Waals surface area contributed by atoms with Gasteiger partial charge in [0.2, 0.25) is 0 Å². The molecule has 1 unspecified atom stereocenters. The van der Waals surface area contributed by atoms with Crippen molar-refractivity contribution >= 4 is 18.0 Å². The highest BCUT2D eigenvalue weighted by atomic mass is 16.5. The van der Waals surface area contributed by atoms with Gasteiger partial charge in [0.05, 0.1) is 13.7 Å². The van der Waals surface area contributed by atoms with Crippen LogP contribution in [-0.2, 0) is 14.3 Å². The Hall–Kier alpha value is -1.83.